The van der Waals surface area contributed by atoms with Gasteiger partial charge in [0.15, 0.2) is 17.6 Å². The zero-order chi connectivity index (χ0) is 32.3. The molecule has 2 N–H and O–H groups in total. The molecule has 0 saturated carbocycles. The summed E-state index contributed by atoms with van der Waals surface area (Å²) in [5.41, 5.74) is 4.31. The number of hydrazone groups is 1. The Hall–Kier alpha value is -4.27. The van der Waals surface area contributed by atoms with Crippen LogP contribution in [0.15, 0.2) is 84.0 Å². The molecule has 4 rings (SSSR count). The van der Waals surface area contributed by atoms with Crippen LogP contribution in [0.25, 0.3) is 10.8 Å². The van der Waals surface area contributed by atoms with E-state index in [9.17, 15) is 9.59 Å². The van der Waals surface area contributed by atoms with E-state index in [1.165, 1.54) is 12.3 Å². The van der Waals surface area contributed by atoms with Gasteiger partial charge in [0.1, 0.15) is 18.4 Å². The molecule has 2 amide bonds. The molecule has 0 unspecified atom stereocenters. The molecule has 0 bridgehead atoms. The van der Waals surface area contributed by atoms with Crippen LogP contribution in [0.3, 0.4) is 0 Å². The van der Waals surface area contributed by atoms with Crippen molar-refractivity contribution in [2.24, 2.45) is 11.0 Å². The van der Waals surface area contributed by atoms with Crippen LogP contribution in [-0.4, -0.2) is 36.8 Å². The van der Waals surface area contributed by atoms with Gasteiger partial charge in [0.05, 0.1) is 17.8 Å². The number of hydrogen-bond acceptors (Lipinski definition) is 6. The first-order valence-corrected chi connectivity index (χ1v) is 15.5. The van der Waals surface area contributed by atoms with E-state index in [2.05, 4.69) is 34.0 Å². The molecular weight excluding hydrogens is 613 g/mol. The third kappa shape index (κ3) is 9.61. The molecule has 0 heterocycles. The number of amides is 2. The van der Waals surface area contributed by atoms with Gasteiger partial charge in [-0.2, -0.15) is 5.10 Å². The quantitative estimate of drug-likeness (QED) is 0.108. The fourth-order valence-electron chi connectivity index (χ4n) is 4.62. The minimum Gasteiger partial charge on any atom is -0.490 e. The van der Waals surface area contributed by atoms with E-state index in [1.807, 2.05) is 57.2 Å². The van der Waals surface area contributed by atoms with E-state index in [4.69, 9.17) is 37.4 Å². The van der Waals surface area contributed by atoms with Crippen molar-refractivity contribution < 1.29 is 23.8 Å². The van der Waals surface area contributed by atoms with Crippen LogP contribution in [0, 0.1) is 5.92 Å². The Morgan fingerprint density at radius 3 is 2.38 bits per heavy atom. The third-order valence-corrected chi connectivity index (χ3v) is 7.36. The molecule has 8 nitrogen and oxygen atoms in total. The maximum Gasteiger partial charge on any atom is 0.262 e. The average Bonchev–Trinajstić information content (AvgIpc) is 3.01. The summed E-state index contributed by atoms with van der Waals surface area (Å²) in [5, 5.41) is 9.92. The fourth-order valence-corrected chi connectivity index (χ4v) is 5.07. The number of benzene rings is 4. The third-order valence-electron chi connectivity index (χ3n) is 6.83. The van der Waals surface area contributed by atoms with Crippen molar-refractivity contribution in [2.45, 2.75) is 52.9 Å². The Labute approximate surface area is 273 Å². The van der Waals surface area contributed by atoms with Crippen LogP contribution >= 0.6 is 23.2 Å². The number of carbonyl (C=O) groups is 2. The second-order valence-electron chi connectivity index (χ2n) is 10.8. The van der Waals surface area contributed by atoms with E-state index in [0.29, 0.717) is 47.5 Å². The SMILES string of the molecule is CCOc1cc(/C=N\NC(=O)[C@H](CC(C)C)NC(=O)[C@H](C)Oc2ccc(Cl)cc2Cl)ccc1OCc1cccc2ccccc12. The number of hydrogen-bond donors (Lipinski definition) is 2. The molecule has 0 fully saturated rings. The summed E-state index contributed by atoms with van der Waals surface area (Å²) in [6.45, 7) is 8.22. The van der Waals surface area contributed by atoms with Crippen LogP contribution < -0.4 is 25.0 Å². The molecular formula is C35H37Cl2N3O5. The van der Waals surface area contributed by atoms with E-state index in [1.54, 1.807) is 25.1 Å². The van der Waals surface area contributed by atoms with Crippen LogP contribution in [-0.2, 0) is 16.2 Å². The van der Waals surface area contributed by atoms with Crippen molar-refractivity contribution in [1.29, 1.82) is 0 Å². The first-order valence-electron chi connectivity index (χ1n) is 14.8. The Balaban J connectivity index is 1.38. The highest BCUT2D eigenvalue weighted by molar-refractivity contribution is 6.35. The van der Waals surface area contributed by atoms with Gasteiger partial charge in [0.2, 0.25) is 0 Å². The van der Waals surface area contributed by atoms with E-state index in [-0.39, 0.29) is 10.9 Å². The van der Waals surface area contributed by atoms with Crippen molar-refractivity contribution in [3.63, 3.8) is 0 Å². The van der Waals surface area contributed by atoms with Gasteiger partial charge in [-0.3, -0.25) is 9.59 Å². The minimum atomic E-state index is -0.909. The molecule has 0 radical (unpaired) electrons. The molecule has 0 saturated heterocycles. The summed E-state index contributed by atoms with van der Waals surface area (Å²) >= 11 is 12.1. The Morgan fingerprint density at radius 1 is 0.867 bits per heavy atom. The van der Waals surface area contributed by atoms with Gasteiger partial charge in [0.25, 0.3) is 11.8 Å². The lowest BCUT2D eigenvalue weighted by atomic mass is 10.0. The van der Waals surface area contributed by atoms with Gasteiger partial charge < -0.3 is 19.5 Å². The van der Waals surface area contributed by atoms with Gasteiger partial charge in [-0.15, -0.1) is 0 Å². The van der Waals surface area contributed by atoms with Gasteiger partial charge in [0, 0.05) is 5.02 Å². The first kappa shape index (κ1) is 33.6. The number of ether oxygens (including phenoxy) is 3. The lowest BCUT2D eigenvalue weighted by Crippen LogP contribution is -2.49. The highest BCUT2D eigenvalue weighted by Crippen LogP contribution is 2.30. The average molecular weight is 651 g/mol. The molecule has 4 aromatic rings. The zero-order valence-corrected chi connectivity index (χ0v) is 27.2. The summed E-state index contributed by atoms with van der Waals surface area (Å²) in [7, 11) is 0. The van der Waals surface area contributed by atoms with Crippen molar-refractivity contribution >= 4 is 52.0 Å². The molecule has 2 atom stereocenters. The predicted octanol–water partition coefficient (Wildman–Crippen LogP) is 7.57. The predicted molar refractivity (Wildman–Crippen MR) is 180 cm³/mol. The first-order chi connectivity index (χ1) is 21.6. The maximum absolute atomic E-state index is 13.1. The highest BCUT2D eigenvalue weighted by atomic mass is 35.5. The summed E-state index contributed by atoms with van der Waals surface area (Å²) < 4.78 is 17.7. The monoisotopic (exact) mass is 649 g/mol. The number of carbonyl (C=O) groups excluding carboxylic acids is 2. The van der Waals surface area contributed by atoms with Crippen LogP contribution in [0.4, 0.5) is 0 Å². The Morgan fingerprint density at radius 2 is 1.62 bits per heavy atom. The largest absolute Gasteiger partial charge is 0.490 e. The summed E-state index contributed by atoms with van der Waals surface area (Å²) in [4.78, 5) is 26.0. The highest BCUT2D eigenvalue weighted by Gasteiger charge is 2.25. The number of nitrogens with zero attached hydrogens (tertiary/aromatic N) is 1. The van der Waals surface area contributed by atoms with E-state index < -0.39 is 24.0 Å². The summed E-state index contributed by atoms with van der Waals surface area (Å²) in [5.74, 6) is 0.683. The van der Waals surface area contributed by atoms with Crippen LogP contribution in [0.2, 0.25) is 10.0 Å². The molecule has 45 heavy (non-hydrogen) atoms. The lowest BCUT2D eigenvalue weighted by Gasteiger charge is -2.22. The topological polar surface area (TPSA) is 98.2 Å². The molecule has 0 spiro atoms. The van der Waals surface area contributed by atoms with Crippen LogP contribution in [0.1, 0.15) is 45.2 Å². The molecule has 0 aromatic heterocycles. The van der Waals surface area contributed by atoms with Crippen molar-refractivity contribution in [1.82, 2.24) is 10.7 Å². The number of nitrogens with one attached hydrogen (secondary N) is 2. The number of halogens is 2. The Kier molecular flexibility index (Phi) is 12.1. The second-order valence-corrected chi connectivity index (χ2v) is 11.7. The maximum atomic E-state index is 13.1. The second kappa shape index (κ2) is 16.2. The van der Waals surface area contributed by atoms with Crippen LogP contribution in [0.5, 0.6) is 17.2 Å². The summed E-state index contributed by atoms with van der Waals surface area (Å²) in [6, 6.07) is 23.6. The zero-order valence-electron chi connectivity index (χ0n) is 25.7. The number of fused-ring (bicyclic) bond motifs is 1. The standard InChI is InChI=1S/C35H37Cl2N3O5/c1-5-43-33-18-24(13-15-32(33)44-21-26-11-8-10-25-9-6-7-12-28(25)26)20-38-40-35(42)30(17-22(2)3)39-34(41)23(4)45-31-16-14-27(36)19-29(31)37/h6-16,18-20,22-23,30H,5,17,21H2,1-4H3,(H,39,41)(H,40,42)/b38-20-/t23-,30-/m0/s1. The normalized spacial score (nSPS) is 12.6. The van der Waals surface area contributed by atoms with Crippen molar-refractivity contribution in [2.75, 3.05) is 6.61 Å². The fraction of sp³-hybridized carbons (Fsp3) is 0.286. The van der Waals surface area contributed by atoms with Gasteiger partial charge >= 0.3 is 0 Å². The lowest BCUT2D eigenvalue weighted by molar-refractivity contribution is -0.132. The molecule has 10 heteroatoms. The smallest absolute Gasteiger partial charge is 0.262 e. The molecule has 0 aliphatic carbocycles. The van der Waals surface area contributed by atoms with Crippen molar-refractivity contribution in [3.8, 4) is 17.2 Å². The van der Waals surface area contributed by atoms with Gasteiger partial charge in [-0.1, -0.05) is 79.5 Å². The molecule has 0 aliphatic rings. The van der Waals surface area contributed by atoms with Gasteiger partial charge in [-0.25, -0.2) is 5.43 Å². The molecule has 4 aromatic carbocycles. The summed E-state index contributed by atoms with van der Waals surface area (Å²) in [6.07, 6.45) is 1.00. The minimum absolute atomic E-state index is 0.127. The van der Waals surface area contributed by atoms with Crippen molar-refractivity contribution in [3.05, 3.63) is 100 Å². The van der Waals surface area contributed by atoms with E-state index >= 15 is 0 Å². The Bertz CT molecular complexity index is 1650. The number of rotatable bonds is 14. The molecule has 0 aliphatic heterocycles. The van der Waals surface area contributed by atoms with Gasteiger partial charge in [-0.05, 0) is 84.5 Å². The molecule has 236 valence electrons. The van der Waals surface area contributed by atoms with E-state index in [0.717, 1.165) is 16.3 Å².